The van der Waals surface area contributed by atoms with E-state index in [-0.39, 0.29) is 17.7 Å². The zero-order valence-corrected chi connectivity index (χ0v) is 14.4. The largest absolute Gasteiger partial charge is 0.484 e. The van der Waals surface area contributed by atoms with Crippen molar-refractivity contribution in [1.82, 2.24) is 4.90 Å². The van der Waals surface area contributed by atoms with Crippen LogP contribution in [-0.4, -0.2) is 30.1 Å². The number of hydrogen-bond acceptors (Lipinski definition) is 2. The van der Waals surface area contributed by atoms with Crippen molar-refractivity contribution in [1.29, 1.82) is 0 Å². The number of carbonyl (C=O) groups excluding carboxylic acids is 1. The van der Waals surface area contributed by atoms with E-state index in [0.29, 0.717) is 12.1 Å². The van der Waals surface area contributed by atoms with Crippen molar-refractivity contribution >= 4 is 5.91 Å². The summed E-state index contributed by atoms with van der Waals surface area (Å²) in [4.78, 5) is 14.7. The number of amides is 1. The van der Waals surface area contributed by atoms with Gasteiger partial charge in [-0.2, -0.15) is 13.2 Å². The Morgan fingerprint density at radius 3 is 2.38 bits per heavy atom. The molecule has 1 aliphatic rings. The molecular weight excluding hydrogens is 343 g/mol. The number of halogens is 3. The minimum atomic E-state index is -4.38. The third-order valence-corrected chi connectivity index (χ3v) is 4.48. The van der Waals surface area contributed by atoms with E-state index in [1.807, 2.05) is 36.1 Å². The maximum Gasteiger partial charge on any atom is 0.422 e. The fraction of sp³-hybridized carbons (Fsp3) is 0.350. The fourth-order valence-corrected chi connectivity index (χ4v) is 3.17. The molecule has 1 saturated heterocycles. The number of alkyl halides is 3. The lowest BCUT2D eigenvalue weighted by Crippen LogP contribution is -2.30. The van der Waals surface area contributed by atoms with Gasteiger partial charge in [0.15, 0.2) is 6.61 Å². The van der Waals surface area contributed by atoms with Crippen LogP contribution >= 0.6 is 0 Å². The molecular formula is C20H20F3NO2. The van der Waals surface area contributed by atoms with Gasteiger partial charge in [-0.25, -0.2) is 0 Å². The van der Waals surface area contributed by atoms with Crippen LogP contribution in [0.4, 0.5) is 13.2 Å². The molecule has 2 aromatic rings. The summed E-state index contributed by atoms with van der Waals surface area (Å²) in [5.74, 6) is -0.0224. The van der Waals surface area contributed by atoms with Crippen molar-refractivity contribution in [2.75, 3.05) is 13.2 Å². The van der Waals surface area contributed by atoms with Crippen LogP contribution in [0, 0.1) is 6.92 Å². The molecule has 3 nitrogen and oxygen atoms in total. The minimum Gasteiger partial charge on any atom is -0.484 e. The number of hydrogen-bond donors (Lipinski definition) is 0. The SMILES string of the molecule is Cc1ccc(C2CCCN2C(=O)c2ccc(OCC(F)(F)F)cc2)cc1. The lowest BCUT2D eigenvalue weighted by Gasteiger charge is -2.25. The Kier molecular flexibility index (Phi) is 5.20. The van der Waals surface area contributed by atoms with Crippen molar-refractivity contribution in [3.63, 3.8) is 0 Å². The summed E-state index contributed by atoms with van der Waals surface area (Å²) < 4.78 is 41.3. The van der Waals surface area contributed by atoms with Gasteiger partial charge in [-0.1, -0.05) is 29.8 Å². The Bertz CT molecular complexity index is 754. The van der Waals surface area contributed by atoms with Crippen LogP contribution in [0.2, 0.25) is 0 Å². The molecule has 3 rings (SSSR count). The summed E-state index contributed by atoms with van der Waals surface area (Å²) in [5, 5.41) is 0. The highest BCUT2D eigenvalue weighted by molar-refractivity contribution is 5.94. The second-order valence-corrected chi connectivity index (χ2v) is 6.50. The Labute approximate surface area is 150 Å². The predicted molar refractivity (Wildman–Crippen MR) is 92.2 cm³/mol. The first-order chi connectivity index (χ1) is 12.3. The smallest absolute Gasteiger partial charge is 0.422 e. The fourth-order valence-electron chi connectivity index (χ4n) is 3.17. The topological polar surface area (TPSA) is 29.5 Å². The van der Waals surface area contributed by atoms with Crippen LogP contribution in [-0.2, 0) is 0 Å². The van der Waals surface area contributed by atoms with Crippen LogP contribution in [0.1, 0.15) is 40.4 Å². The van der Waals surface area contributed by atoms with Gasteiger partial charge in [0.05, 0.1) is 6.04 Å². The van der Waals surface area contributed by atoms with E-state index >= 15 is 0 Å². The molecule has 138 valence electrons. The summed E-state index contributed by atoms with van der Waals surface area (Å²) >= 11 is 0. The molecule has 0 radical (unpaired) electrons. The van der Waals surface area contributed by atoms with Gasteiger partial charge >= 0.3 is 6.18 Å². The third kappa shape index (κ3) is 4.36. The van der Waals surface area contributed by atoms with E-state index in [2.05, 4.69) is 4.74 Å². The summed E-state index contributed by atoms with van der Waals surface area (Å²) in [5.41, 5.74) is 2.72. The quantitative estimate of drug-likeness (QED) is 0.772. The van der Waals surface area contributed by atoms with Gasteiger partial charge in [0, 0.05) is 12.1 Å². The Morgan fingerprint density at radius 2 is 1.77 bits per heavy atom. The van der Waals surface area contributed by atoms with Crippen LogP contribution in [0.25, 0.3) is 0 Å². The zero-order chi connectivity index (χ0) is 18.7. The molecule has 26 heavy (non-hydrogen) atoms. The van der Waals surface area contributed by atoms with Crippen LogP contribution in [0.5, 0.6) is 5.75 Å². The van der Waals surface area contributed by atoms with Crippen molar-refractivity contribution in [3.05, 3.63) is 65.2 Å². The number of aryl methyl sites for hydroxylation is 1. The molecule has 0 bridgehead atoms. The highest BCUT2D eigenvalue weighted by atomic mass is 19.4. The van der Waals surface area contributed by atoms with E-state index in [0.717, 1.165) is 18.4 Å². The molecule has 1 heterocycles. The summed E-state index contributed by atoms with van der Waals surface area (Å²) in [6.07, 6.45) is -2.55. The maximum atomic E-state index is 12.8. The van der Waals surface area contributed by atoms with E-state index in [1.54, 1.807) is 0 Å². The average Bonchev–Trinajstić information content (AvgIpc) is 3.09. The number of ether oxygens (including phenoxy) is 1. The van der Waals surface area contributed by atoms with Crippen LogP contribution < -0.4 is 4.74 Å². The van der Waals surface area contributed by atoms with Gasteiger partial charge in [0.25, 0.3) is 5.91 Å². The van der Waals surface area contributed by atoms with E-state index < -0.39 is 12.8 Å². The van der Waals surface area contributed by atoms with E-state index in [1.165, 1.54) is 29.8 Å². The lowest BCUT2D eigenvalue weighted by molar-refractivity contribution is -0.153. The summed E-state index contributed by atoms with van der Waals surface area (Å²) in [7, 11) is 0. The standard InChI is InChI=1S/C20H20F3NO2/c1-14-4-6-15(7-5-14)18-3-2-12-24(18)19(25)16-8-10-17(11-9-16)26-13-20(21,22)23/h4-11,18H,2-3,12-13H2,1H3. The summed E-state index contributed by atoms with van der Waals surface area (Å²) in [6, 6.07) is 14.0. The molecule has 1 fully saturated rings. The van der Waals surface area contributed by atoms with Gasteiger partial charge in [-0.3, -0.25) is 4.79 Å². The van der Waals surface area contributed by atoms with E-state index in [9.17, 15) is 18.0 Å². The monoisotopic (exact) mass is 363 g/mol. The normalized spacial score (nSPS) is 17.4. The molecule has 0 spiro atoms. The molecule has 1 amide bonds. The molecule has 0 aliphatic carbocycles. The molecule has 2 aromatic carbocycles. The molecule has 0 aromatic heterocycles. The highest BCUT2D eigenvalue weighted by Gasteiger charge is 2.31. The van der Waals surface area contributed by atoms with Gasteiger partial charge in [0.2, 0.25) is 0 Å². The molecule has 0 N–H and O–H groups in total. The zero-order valence-electron chi connectivity index (χ0n) is 14.4. The predicted octanol–water partition coefficient (Wildman–Crippen LogP) is 4.91. The second-order valence-electron chi connectivity index (χ2n) is 6.50. The first-order valence-electron chi connectivity index (χ1n) is 8.51. The van der Waals surface area contributed by atoms with Gasteiger partial charge in [-0.05, 0) is 49.6 Å². The Hall–Kier alpha value is -2.50. The number of likely N-dealkylation sites (tertiary alicyclic amines) is 1. The highest BCUT2D eigenvalue weighted by Crippen LogP contribution is 2.33. The first kappa shape index (κ1) is 18.3. The van der Waals surface area contributed by atoms with Crippen LogP contribution in [0.15, 0.2) is 48.5 Å². The van der Waals surface area contributed by atoms with Gasteiger partial charge < -0.3 is 9.64 Å². The number of nitrogens with zero attached hydrogens (tertiary/aromatic N) is 1. The van der Waals surface area contributed by atoms with Gasteiger partial charge in [-0.15, -0.1) is 0 Å². The first-order valence-corrected chi connectivity index (χ1v) is 8.51. The van der Waals surface area contributed by atoms with Crippen molar-refractivity contribution < 1.29 is 22.7 Å². The van der Waals surface area contributed by atoms with Crippen molar-refractivity contribution in [2.24, 2.45) is 0 Å². The molecule has 1 aliphatic heterocycles. The average molecular weight is 363 g/mol. The minimum absolute atomic E-state index is 0.0317. The Balaban J connectivity index is 1.70. The number of rotatable bonds is 4. The third-order valence-electron chi connectivity index (χ3n) is 4.48. The van der Waals surface area contributed by atoms with Gasteiger partial charge in [0.1, 0.15) is 5.75 Å². The lowest BCUT2D eigenvalue weighted by atomic mass is 10.0. The number of carbonyl (C=O) groups is 1. The molecule has 6 heteroatoms. The second kappa shape index (κ2) is 7.40. The van der Waals surface area contributed by atoms with Crippen LogP contribution in [0.3, 0.4) is 0 Å². The van der Waals surface area contributed by atoms with Crippen molar-refractivity contribution in [2.45, 2.75) is 32.0 Å². The molecule has 0 saturated carbocycles. The van der Waals surface area contributed by atoms with Crippen molar-refractivity contribution in [3.8, 4) is 5.75 Å². The number of benzene rings is 2. The maximum absolute atomic E-state index is 12.8. The Morgan fingerprint density at radius 1 is 1.12 bits per heavy atom. The van der Waals surface area contributed by atoms with E-state index in [4.69, 9.17) is 0 Å². The molecule has 1 atom stereocenters. The summed E-state index contributed by atoms with van der Waals surface area (Å²) in [6.45, 7) is 1.34. The molecule has 1 unspecified atom stereocenters.